The summed E-state index contributed by atoms with van der Waals surface area (Å²) in [6.07, 6.45) is 4.70. The minimum Gasteiger partial charge on any atom is -0.298 e. The van der Waals surface area contributed by atoms with E-state index in [1.54, 1.807) is 0 Å². The molecular formula is C20H15N3O. The van der Waals surface area contributed by atoms with E-state index < -0.39 is 0 Å². The van der Waals surface area contributed by atoms with Crippen molar-refractivity contribution in [2.45, 2.75) is 6.92 Å². The van der Waals surface area contributed by atoms with Gasteiger partial charge in [0.05, 0.1) is 11.9 Å². The number of aryl methyl sites for hydroxylation is 1. The highest BCUT2D eigenvalue weighted by Crippen LogP contribution is 2.28. The van der Waals surface area contributed by atoms with Crippen LogP contribution in [0.4, 0.5) is 0 Å². The molecule has 0 amide bonds. The van der Waals surface area contributed by atoms with Gasteiger partial charge in [-0.3, -0.25) is 9.20 Å². The van der Waals surface area contributed by atoms with E-state index in [9.17, 15) is 4.79 Å². The maximum absolute atomic E-state index is 11.3. The molecule has 0 bridgehead atoms. The number of imidazole rings is 1. The molecule has 0 aliphatic rings. The lowest BCUT2D eigenvalue weighted by molar-refractivity contribution is 0.112. The van der Waals surface area contributed by atoms with E-state index in [4.69, 9.17) is 0 Å². The first-order valence-corrected chi connectivity index (χ1v) is 7.72. The van der Waals surface area contributed by atoms with Gasteiger partial charge in [0.1, 0.15) is 0 Å². The van der Waals surface area contributed by atoms with E-state index in [1.165, 1.54) is 0 Å². The molecule has 0 radical (unpaired) electrons. The SMILES string of the molecule is Cc1ccn2c(-c3cccc(-c4ccccc4C=O)c3)cnc2n1. The molecule has 0 spiro atoms. The highest BCUT2D eigenvalue weighted by atomic mass is 16.1. The van der Waals surface area contributed by atoms with Crippen molar-refractivity contribution < 1.29 is 4.79 Å². The molecule has 0 atom stereocenters. The molecule has 4 nitrogen and oxygen atoms in total. The third kappa shape index (κ3) is 2.38. The van der Waals surface area contributed by atoms with Gasteiger partial charge in [-0.1, -0.05) is 42.5 Å². The second kappa shape index (κ2) is 5.74. The van der Waals surface area contributed by atoms with Gasteiger partial charge in [-0.05, 0) is 30.2 Å². The lowest BCUT2D eigenvalue weighted by Crippen LogP contribution is -1.93. The first-order valence-electron chi connectivity index (χ1n) is 7.72. The Kier molecular flexibility index (Phi) is 3.43. The predicted molar refractivity (Wildman–Crippen MR) is 94.0 cm³/mol. The topological polar surface area (TPSA) is 47.3 Å². The Morgan fingerprint density at radius 1 is 1.00 bits per heavy atom. The average molecular weight is 313 g/mol. The van der Waals surface area contributed by atoms with Crippen LogP contribution in [0.15, 0.2) is 67.0 Å². The number of carbonyl (C=O) groups is 1. The van der Waals surface area contributed by atoms with Gasteiger partial charge in [0.2, 0.25) is 5.78 Å². The van der Waals surface area contributed by atoms with Gasteiger partial charge in [-0.2, -0.15) is 0 Å². The quantitative estimate of drug-likeness (QED) is 0.533. The lowest BCUT2D eigenvalue weighted by Gasteiger charge is -2.08. The summed E-state index contributed by atoms with van der Waals surface area (Å²) in [7, 11) is 0. The van der Waals surface area contributed by atoms with Gasteiger partial charge in [0.25, 0.3) is 0 Å². The Bertz CT molecular complexity index is 1050. The number of hydrogen-bond acceptors (Lipinski definition) is 3. The summed E-state index contributed by atoms with van der Waals surface area (Å²) in [4.78, 5) is 20.1. The second-order valence-electron chi connectivity index (χ2n) is 5.67. The molecule has 0 fully saturated rings. The Labute approximate surface area is 139 Å². The predicted octanol–water partition coefficient (Wildman–Crippen LogP) is 4.18. The van der Waals surface area contributed by atoms with Crippen LogP contribution in [0.1, 0.15) is 16.1 Å². The average Bonchev–Trinajstić information content (AvgIpc) is 3.04. The van der Waals surface area contributed by atoms with Crippen molar-refractivity contribution in [3.8, 4) is 22.4 Å². The van der Waals surface area contributed by atoms with Crippen LogP contribution in [0.5, 0.6) is 0 Å². The third-order valence-electron chi connectivity index (χ3n) is 4.08. The number of carbonyl (C=O) groups excluding carboxylic acids is 1. The molecule has 0 N–H and O–H groups in total. The fraction of sp³-hybridized carbons (Fsp3) is 0.0500. The van der Waals surface area contributed by atoms with Gasteiger partial charge in [-0.25, -0.2) is 9.97 Å². The molecule has 4 aromatic rings. The fourth-order valence-corrected chi connectivity index (χ4v) is 2.88. The monoisotopic (exact) mass is 313 g/mol. The summed E-state index contributed by atoms with van der Waals surface area (Å²) >= 11 is 0. The minimum absolute atomic E-state index is 0.684. The molecule has 24 heavy (non-hydrogen) atoms. The van der Waals surface area contributed by atoms with Crippen LogP contribution in [-0.4, -0.2) is 20.7 Å². The molecule has 2 aromatic heterocycles. The van der Waals surface area contributed by atoms with Crippen LogP contribution >= 0.6 is 0 Å². The van der Waals surface area contributed by atoms with Crippen LogP contribution in [0, 0.1) is 6.92 Å². The zero-order valence-corrected chi connectivity index (χ0v) is 13.2. The van der Waals surface area contributed by atoms with E-state index in [1.807, 2.05) is 72.2 Å². The smallest absolute Gasteiger partial charge is 0.234 e. The highest BCUT2D eigenvalue weighted by molar-refractivity contribution is 5.88. The van der Waals surface area contributed by atoms with Crippen molar-refractivity contribution in [3.05, 3.63) is 78.2 Å². The number of fused-ring (bicyclic) bond motifs is 1. The number of nitrogens with zero attached hydrogens (tertiary/aromatic N) is 3. The van der Waals surface area contributed by atoms with Crippen molar-refractivity contribution in [3.63, 3.8) is 0 Å². The van der Waals surface area contributed by atoms with E-state index >= 15 is 0 Å². The summed E-state index contributed by atoms with van der Waals surface area (Å²) < 4.78 is 1.97. The molecule has 2 aromatic carbocycles. The molecule has 2 heterocycles. The molecule has 116 valence electrons. The molecule has 0 unspecified atom stereocenters. The summed E-state index contributed by atoms with van der Waals surface area (Å²) in [5, 5.41) is 0. The Morgan fingerprint density at radius 3 is 2.71 bits per heavy atom. The van der Waals surface area contributed by atoms with E-state index in [2.05, 4.69) is 16.0 Å². The number of hydrogen-bond donors (Lipinski definition) is 0. The highest BCUT2D eigenvalue weighted by Gasteiger charge is 2.09. The Hall–Kier alpha value is -3.27. The zero-order valence-electron chi connectivity index (χ0n) is 13.2. The molecule has 0 saturated heterocycles. The van der Waals surface area contributed by atoms with Gasteiger partial charge in [0.15, 0.2) is 6.29 Å². The zero-order chi connectivity index (χ0) is 16.5. The van der Waals surface area contributed by atoms with Crippen LogP contribution in [0.25, 0.3) is 28.2 Å². The van der Waals surface area contributed by atoms with E-state index in [0.717, 1.165) is 34.4 Å². The summed E-state index contributed by atoms with van der Waals surface area (Å²) in [6, 6.07) is 17.7. The van der Waals surface area contributed by atoms with Gasteiger partial charge < -0.3 is 0 Å². The molecule has 0 aliphatic heterocycles. The Morgan fingerprint density at radius 2 is 1.83 bits per heavy atom. The number of rotatable bonds is 3. The molecule has 4 rings (SSSR count). The third-order valence-corrected chi connectivity index (χ3v) is 4.08. The van der Waals surface area contributed by atoms with Crippen molar-refractivity contribution in [2.24, 2.45) is 0 Å². The second-order valence-corrected chi connectivity index (χ2v) is 5.67. The lowest BCUT2D eigenvalue weighted by atomic mass is 9.98. The van der Waals surface area contributed by atoms with E-state index in [0.29, 0.717) is 11.3 Å². The minimum atomic E-state index is 0.684. The van der Waals surface area contributed by atoms with Crippen molar-refractivity contribution >= 4 is 12.1 Å². The normalized spacial score (nSPS) is 10.9. The first kappa shape index (κ1) is 14.3. The van der Waals surface area contributed by atoms with Crippen molar-refractivity contribution in [2.75, 3.05) is 0 Å². The maximum atomic E-state index is 11.3. The molecule has 4 heteroatoms. The standard InChI is InChI=1S/C20H15N3O/c1-14-9-10-23-19(12-21-20(23)22-14)16-7-4-6-15(11-16)18-8-3-2-5-17(18)13-24/h2-13H,1H3. The fourth-order valence-electron chi connectivity index (χ4n) is 2.88. The maximum Gasteiger partial charge on any atom is 0.234 e. The largest absolute Gasteiger partial charge is 0.298 e. The van der Waals surface area contributed by atoms with Crippen LogP contribution in [0.2, 0.25) is 0 Å². The Balaban J connectivity index is 1.87. The van der Waals surface area contributed by atoms with Crippen LogP contribution in [-0.2, 0) is 0 Å². The number of aromatic nitrogens is 3. The van der Waals surface area contributed by atoms with Crippen molar-refractivity contribution in [1.29, 1.82) is 0 Å². The molecular weight excluding hydrogens is 298 g/mol. The van der Waals surface area contributed by atoms with Crippen molar-refractivity contribution in [1.82, 2.24) is 14.4 Å². The summed E-state index contributed by atoms with van der Waals surface area (Å²) in [6.45, 7) is 1.95. The van der Waals surface area contributed by atoms with Crippen LogP contribution < -0.4 is 0 Å². The van der Waals surface area contributed by atoms with Gasteiger partial charge in [-0.15, -0.1) is 0 Å². The summed E-state index contributed by atoms with van der Waals surface area (Å²) in [5.41, 5.74) is 5.56. The van der Waals surface area contributed by atoms with E-state index in [-0.39, 0.29) is 0 Å². The first-order chi connectivity index (χ1) is 11.8. The molecule has 0 aliphatic carbocycles. The summed E-state index contributed by atoms with van der Waals surface area (Å²) in [5.74, 6) is 0.684. The van der Waals surface area contributed by atoms with Crippen LogP contribution in [0.3, 0.4) is 0 Å². The molecule has 0 saturated carbocycles. The number of aldehydes is 1. The van der Waals surface area contributed by atoms with Gasteiger partial charge in [0, 0.05) is 23.0 Å². The number of benzene rings is 2. The van der Waals surface area contributed by atoms with Gasteiger partial charge >= 0.3 is 0 Å².